The summed E-state index contributed by atoms with van der Waals surface area (Å²) in [5, 5.41) is 0. The number of nitrogens with two attached hydrogens (primary N) is 1. The lowest BCUT2D eigenvalue weighted by Crippen LogP contribution is -2.08. The molecule has 0 radical (unpaired) electrons. The highest BCUT2D eigenvalue weighted by atomic mass is 16.5. The zero-order chi connectivity index (χ0) is 10.2. The molecule has 0 saturated carbocycles. The average molecular weight is 197 g/mol. The van der Waals surface area contributed by atoms with Gasteiger partial charge in [-0.05, 0) is 6.42 Å². The van der Waals surface area contributed by atoms with E-state index in [0.717, 1.165) is 13.0 Å². The number of anilines is 1. The van der Waals surface area contributed by atoms with Gasteiger partial charge >= 0.3 is 6.01 Å². The summed E-state index contributed by atoms with van der Waals surface area (Å²) in [5.41, 5.74) is 5.94. The summed E-state index contributed by atoms with van der Waals surface area (Å²) in [7, 11) is 0. The number of nitrogens with zero attached hydrogens (tertiary/aromatic N) is 2. The van der Waals surface area contributed by atoms with Crippen LogP contribution in [0.25, 0.3) is 0 Å². The Hall–Kier alpha value is -1.36. The van der Waals surface area contributed by atoms with Crippen LogP contribution in [-0.4, -0.2) is 29.8 Å². The first-order chi connectivity index (χ1) is 6.83. The molecule has 1 rings (SSSR count). The van der Waals surface area contributed by atoms with E-state index in [1.165, 1.54) is 12.4 Å². The summed E-state index contributed by atoms with van der Waals surface area (Å²) in [6.07, 6.45) is 4.03. The van der Waals surface area contributed by atoms with Gasteiger partial charge in [0.1, 0.15) is 6.61 Å². The molecule has 0 atom stereocenters. The molecular formula is C9H15N3O2. The second-order valence-electron chi connectivity index (χ2n) is 2.76. The molecule has 0 aliphatic heterocycles. The van der Waals surface area contributed by atoms with E-state index in [4.69, 9.17) is 15.2 Å². The van der Waals surface area contributed by atoms with Crippen LogP contribution in [0.5, 0.6) is 6.01 Å². The molecular weight excluding hydrogens is 182 g/mol. The van der Waals surface area contributed by atoms with Gasteiger partial charge in [0.15, 0.2) is 0 Å². The monoisotopic (exact) mass is 197 g/mol. The first-order valence-corrected chi connectivity index (χ1v) is 4.61. The van der Waals surface area contributed by atoms with Crippen molar-refractivity contribution in [1.82, 2.24) is 9.97 Å². The van der Waals surface area contributed by atoms with Crippen molar-refractivity contribution < 1.29 is 9.47 Å². The Morgan fingerprint density at radius 3 is 2.57 bits per heavy atom. The quantitative estimate of drug-likeness (QED) is 0.685. The molecule has 0 amide bonds. The summed E-state index contributed by atoms with van der Waals surface area (Å²) in [6.45, 7) is 3.83. The zero-order valence-electron chi connectivity index (χ0n) is 8.27. The van der Waals surface area contributed by atoms with E-state index in [1.54, 1.807) is 0 Å². The van der Waals surface area contributed by atoms with Crippen LogP contribution in [0.1, 0.15) is 13.3 Å². The lowest BCUT2D eigenvalue weighted by molar-refractivity contribution is 0.0972. The third-order valence-corrected chi connectivity index (χ3v) is 1.46. The highest BCUT2D eigenvalue weighted by Crippen LogP contribution is 2.02. The van der Waals surface area contributed by atoms with Crippen molar-refractivity contribution in [2.75, 3.05) is 25.6 Å². The molecule has 2 N–H and O–H groups in total. The van der Waals surface area contributed by atoms with Crippen molar-refractivity contribution in [3.05, 3.63) is 12.4 Å². The molecule has 1 aromatic heterocycles. The van der Waals surface area contributed by atoms with Crippen molar-refractivity contribution in [2.24, 2.45) is 0 Å². The van der Waals surface area contributed by atoms with Gasteiger partial charge in [-0.3, -0.25) is 0 Å². The smallest absolute Gasteiger partial charge is 0.316 e. The van der Waals surface area contributed by atoms with Gasteiger partial charge < -0.3 is 15.2 Å². The standard InChI is InChI=1S/C9H15N3O2/c1-2-3-13-4-5-14-9-11-6-8(10)7-12-9/h6-7H,2-5,10H2,1H3. The lowest BCUT2D eigenvalue weighted by atomic mass is 10.5. The molecule has 0 fully saturated rings. The normalized spacial score (nSPS) is 10.1. The van der Waals surface area contributed by atoms with Gasteiger partial charge in [0.05, 0.1) is 24.7 Å². The van der Waals surface area contributed by atoms with Crippen molar-refractivity contribution in [1.29, 1.82) is 0 Å². The SMILES string of the molecule is CCCOCCOc1ncc(N)cn1. The van der Waals surface area contributed by atoms with Crippen molar-refractivity contribution >= 4 is 5.69 Å². The predicted octanol–water partition coefficient (Wildman–Crippen LogP) is 0.864. The maximum Gasteiger partial charge on any atom is 0.316 e. The highest BCUT2D eigenvalue weighted by Gasteiger charge is 1.95. The molecule has 78 valence electrons. The Morgan fingerprint density at radius 1 is 1.21 bits per heavy atom. The second kappa shape index (κ2) is 6.15. The minimum atomic E-state index is 0.333. The molecule has 0 aromatic carbocycles. The van der Waals surface area contributed by atoms with Gasteiger partial charge in [0.25, 0.3) is 0 Å². The number of hydrogen-bond acceptors (Lipinski definition) is 5. The molecule has 0 aliphatic carbocycles. The van der Waals surface area contributed by atoms with E-state index < -0.39 is 0 Å². The van der Waals surface area contributed by atoms with E-state index in [1.807, 2.05) is 0 Å². The van der Waals surface area contributed by atoms with E-state index in [0.29, 0.717) is 24.9 Å². The molecule has 1 aromatic rings. The Labute approximate surface area is 83.3 Å². The number of nitrogen functional groups attached to an aromatic ring is 1. The van der Waals surface area contributed by atoms with Gasteiger partial charge in [0, 0.05) is 6.61 Å². The lowest BCUT2D eigenvalue weighted by Gasteiger charge is -2.04. The summed E-state index contributed by atoms with van der Waals surface area (Å²) in [4.78, 5) is 7.76. The number of hydrogen-bond donors (Lipinski definition) is 1. The second-order valence-corrected chi connectivity index (χ2v) is 2.76. The van der Waals surface area contributed by atoms with Crippen LogP contribution >= 0.6 is 0 Å². The molecule has 0 aliphatic rings. The molecule has 0 saturated heterocycles. The number of rotatable bonds is 6. The fraction of sp³-hybridized carbons (Fsp3) is 0.556. The Balaban J connectivity index is 2.15. The van der Waals surface area contributed by atoms with Crippen molar-refractivity contribution in [2.45, 2.75) is 13.3 Å². The van der Waals surface area contributed by atoms with Gasteiger partial charge in [0.2, 0.25) is 0 Å². The van der Waals surface area contributed by atoms with Gasteiger partial charge in [-0.1, -0.05) is 6.92 Å². The van der Waals surface area contributed by atoms with E-state index >= 15 is 0 Å². The van der Waals surface area contributed by atoms with Gasteiger partial charge in [-0.15, -0.1) is 0 Å². The van der Waals surface area contributed by atoms with Crippen LogP contribution in [0.2, 0.25) is 0 Å². The van der Waals surface area contributed by atoms with Crippen LogP contribution < -0.4 is 10.5 Å². The minimum Gasteiger partial charge on any atom is -0.461 e. The Bertz CT molecular complexity index is 251. The fourth-order valence-corrected chi connectivity index (χ4v) is 0.839. The average Bonchev–Trinajstić information content (AvgIpc) is 2.21. The first-order valence-electron chi connectivity index (χ1n) is 4.61. The summed E-state index contributed by atoms with van der Waals surface area (Å²) < 4.78 is 10.4. The molecule has 1 heterocycles. The summed E-state index contributed by atoms with van der Waals surface area (Å²) in [5.74, 6) is 0. The molecule has 0 spiro atoms. The zero-order valence-corrected chi connectivity index (χ0v) is 8.27. The highest BCUT2D eigenvalue weighted by molar-refractivity contribution is 5.30. The maximum absolute atomic E-state index is 5.42. The minimum absolute atomic E-state index is 0.333. The fourth-order valence-electron chi connectivity index (χ4n) is 0.839. The largest absolute Gasteiger partial charge is 0.461 e. The van der Waals surface area contributed by atoms with Crippen molar-refractivity contribution in [3.8, 4) is 6.01 Å². The molecule has 14 heavy (non-hydrogen) atoms. The van der Waals surface area contributed by atoms with E-state index in [9.17, 15) is 0 Å². The van der Waals surface area contributed by atoms with Crippen LogP contribution in [0.4, 0.5) is 5.69 Å². The van der Waals surface area contributed by atoms with Gasteiger partial charge in [-0.25, -0.2) is 9.97 Å². The first kappa shape index (κ1) is 10.7. The number of ether oxygens (including phenoxy) is 2. The Morgan fingerprint density at radius 2 is 1.93 bits per heavy atom. The summed E-state index contributed by atoms with van der Waals surface area (Å²) >= 11 is 0. The van der Waals surface area contributed by atoms with E-state index in [2.05, 4.69) is 16.9 Å². The molecule has 5 nitrogen and oxygen atoms in total. The topological polar surface area (TPSA) is 70.3 Å². The molecule has 0 bridgehead atoms. The predicted molar refractivity (Wildman–Crippen MR) is 53.0 cm³/mol. The van der Waals surface area contributed by atoms with Crippen LogP contribution in [-0.2, 0) is 4.74 Å². The Kier molecular flexibility index (Phi) is 4.71. The molecule has 5 heteroatoms. The van der Waals surface area contributed by atoms with Crippen LogP contribution in [0.3, 0.4) is 0 Å². The van der Waals surface area contributed by atoms with Crippen LogP contribution in [0.15, 0.2) is 12.4 Å². The maximum atomic E-state index is 5.42. The van der Waals surface area contributed by atoms with E-state index in [-0.39, 0.29) is 0 Å². The van der Waals surface area contributed by atoms with Crippen molar-refractivity contribution in [3.63, 3.8) is 0 Å². The van der Waals surface area contributed by atoms with Crippen LogP contribution in [0, 0.1) is 0 Å². The van der Waals surface area contributed by atoms with Gasteiger partial charge in [-0.2, -0.15) is 0 Å². The number of aromatic nitrogens is 2. The summed E-state index contributed by atoms with van der Waals surface area (Å²) in [6, 6.07) is 0.333. The third-order valence-electron chi connectivity index (χ3n) is 1.46. The third kappa shape index (κ3) is 4.04. The molecule has 0 unspecified atom stereocenters.